The van der Waals surface area contributed by atoms with Crippen LogP contribution in [0, 0.1) is 13.8 Å². The van der Waals surface area contributed by atoms with Gasteiger partial charge in [0.15, 0.2) is 5.16 Å². The van der Waals surface area contributed by atoms with Crippen LogP contribution in [0.2, 0.25) is 0 Å². The molecule has 21 heavy (non-hydrogen) atoms. The second-order valence-electron chi connectivity index (χ2n) is 4.67. The summed E-state index contributed by atoms with van der Waals surface area (Å²) < 4.78 is 5.03. The van der Waals surface area contributed by atoms with Crippen LogP contribution in [-0.2, 0) is 11.3 Å². The maximum atomic E-state index is 5.03. The Morgan fingerprint density at radius 1 is 1.24 bits per heavy atom. The monoisotopic (exact) mass is 304 g/mol. The van der Waals surface area contributed by atoms with Crippen LogP contribution in [0.25, 0.3) is 0 Å². The number of hydrogen-bond donors (Lipinski definition) is 1. The van der Waals surface area contributed by atoms with Gasteiger partial charge in [0, 0.05) is 37.8 Å². The van der Waals surface area contributed by atoms with E-state index in [2.05, 4.69) is 26.3 Å². The molecule has 0 atom stereocenters. The Hall–Kier alpha value is -1.50. The molecule has 112 valence electrons. The topological polar surface area (TPSA) is 59.9 Å². The Bertz CT molecular complexity index is 571. The normalized spacial score (nSPS) is 10.8. The van der Waals surface area contributed by atoms with Crippen LogP contribution in [0.15, 0.2) is 34.6 Å². The molecule has 0 unspecified atom stereocenters. The molecule has 0 radical (unpaired) electrons. The lowest BCUT2D eigenvalue weighted by Crippen LogP contribution is -2.19. The minimum atomic E-state index is 0.697. The maximum Gasteiger partial charge on any atom is 0.194 e. The van der Waals surface area contributed by atoms with Crippen LogP contribution in [0.3, 0.4) is 0 Å². The molecule has 0 bridgehead atoms. The molecule has 2 aromatic heterocycles. The van der Waals surface area contributed by atoms with Crippen molar-refractivity contribution >= 4 is 11.8 Å². The standard InChI is InChI=1S/C15H20N4OS/c1-11-9-12(2)19-15(18-11)21-14-13(5-4-6-17-14)10-16-7-8-20-3/h4-6,9,16H,7-8,10H2,1-3H3. The summed E-state index contributed by atoms with van der Waals surface area (Å²) in [4.78, 5) is 13.3. The molecule has 0 aliphatic heterocycles. The van der Waals surface area contributed by atoms with E-state index in [-0.39, 0.29) is 0 Å². The number of methoxy groups -OCH3 is 1. The molecule has 0 aliphatic rings. The molecule has 2 rings (SSSR count). The molecular formula is C15H20N4OS. The number of aromatic nitrogens is 3. The second-order valence-corrected chi connectivity index (χ2v) is 5.63. The Kier molecular flexibility index (Phi) is 6.10. The predicted molar refractivity (Wildman–Crippen MR) is 83.4 cm³/mol. The van der Waals surface area contributed by atoms with Gasteiger partial charge in [-0.25, -0.2) is 15.0 Å². The van der Waals surface area contributed by atoms with Crippen LogP contribution in [0.1, 0.15) is 17.0 Å². The summed E-state index contributed by atoms with van der Waals surface area (Å²) in [7, 11) is 1.70. The van der Waals surface area contributed by atoms with Crippen molar-refractivity contribution in [2.45, 2.75) is 30.6 Å². The average Bonchev–Trinajstić information content (AvgIpc) is 2.44. The van der Waals surface area contributed by atoms with Gasteiger partial charge in [0.2, 0.25) is 0 Å². The molecule has 2 heterocycles. The van der Waals surface area contributed by atoms with Crippen molar-refractivity contribution in [3.8, 4) is 0 Å². The highest BCUT2D eigenvalue weighted by atomic mass is 32.2. The number of aryl methyl sites for hydroxylation is 2. The Morgan fingerprint density at radius 2 is 2.00 bits per heavy atom. The highest BCUT2D eigenvalue weighted by Gasteiger charge is 2.08. The van der Waals surface area contributed by atoms with E-state index in [9.17, 15) is 0 Å². The van der Waals surface area contributed by atoms with Gasteiger partial charge in [0.05, 0.1) is 6.61 Å². The molecule has 5 nitrogen and oxygen atoms in total. The minimum Gasteiger partial charge on any atom is -0.383 e. The van der Waals surface area contributed by atoms with Crippen molar-refractivity contribution in [1.82, 2.24) is 20.3 Å². The third-order valence-electron chi connectivity index (χ3n) is 2.80. The lowest BCUT2D eigenvalue weighted by Gasteiger charge is -2.09. The van der Waals surface area contributed by atoms with Crippen LogP contribution in [-0.4, -0.2) is 35.2 Å². The molecule has 0 aromatic carbocycles. The van der Waals surface area contributed by atoms with E-state index in [1.807, 2.05) is 26.0 Å². The molecule has 6 heteroatoms. The molecule has 0 aliphatic carbocycles. The number of ether oxygens (including phenoxy) is 1. The van der Waals surface area contributed by atoms with Crippen LogP contribution < -0.4 is 5.32 Å². The highest BCUT2D eigenvalue weighted by molar-refractivity contribution is 7.99. The minimum absolute atomic E-state index is 0.697. The van der Waals surface area contributed by atoms with E-state index >= 15 is 0 Å². The van der Waals surface area contributed by atoms with E-state index in [0.29, 0.717) is 6.61 Å². The van der Waals surface area contributed by atoms with E-state index < -0.39 is 0 Å². The number of nitrogens with one attached hydrogen (secondary N) is 1. The molecule has 0 saturated carbocycles. The van der Waals surface area contributed by atoms with Crippen molar-refractivity contribution in [3.63, 3.8) is 0 Å². The number of rotatable bonds is 7. The van der Waals surface area contributed by atoms with Gasteiger partial charge in [-0.1, -0.05) is 6.07 Å². The van der Waals surface area contributed by atoms with Crippen molar-refractivity contribution in [2.24, 2.45) is 0 Å². The van der Waals surface area contributed by atoms with Gasteiger partial charge in [-0.05, 0) is 43.3 Å². The highest BCUT2D eigenvalue weighted by Crippen LogP contribution is 2.26. The Balaban J connectivity index is 2.08. The average molecular weight is 304 g/mol. The van der Waals surface area contributed by atoms with E-state index in [4.69, 9.17) is 4.74 Å². The predicted octanol–water partition coefficient (Wildman–Crippen LogP) is 2.38. The fraction of sp³-hybridized carbons (Fsp3) is 0.400. The Labute approximate surface area is 129 Å². The zero-order valence-electron chi connectivity index (χ0n) is 12.6. The van der Waals surface area contributed by atoms with Crippen molar-refractivity contribution in [2.75, 3.05) is 20.3 Å². The third kappa shape index (κ3) is 5.08. The van der Waals surface area contributed by atoms with Gasteiger partial charge >= 0.3 is 0 Å². The van der Waals surface area contributed by atoms with Gasteiger partial charge in [0.1, 0.15) is 5.03 Å². The number of pyridine rings is 1. The first kappa shape index (κ1) is 15.9. The quantitative estimate of drug-likeness (QED) is 0.626. The lowest BCUT2D eigenvalue weighted by molar-refractivity contribution is 0.199. The third-order valence-corrected chi connectivity index (χ3v) is 3.72. The fourth-order valence-corrected chi connectivity index (χ4v) is 2.81. The molecule has 0 spiro atoms. The number of hydrogen-bond acceptors (Lipinski definition) is 6. The summed E-state index contributed by atoms with van der Waals surface area (Å²) in [6.45, 7) is 6.22. The van der Waals surface area contributed by atoms with Gasteiger partial charge < -0.3 is 10.1 Å². The summed E-state index contributed by atoms with van der Waals surface area (Å²) in [6, 6.07) is 5.98. The summed E-state index contributed by atoms with van der Waals surface area (Å²) in [6.07, 6.45) is 1.80. The largest absolute Gasteiger partial charge is 0.383 e. The van der Waals surface area contributed by atoms with Gasteiger partial charge in [-0.3, -0.25) is 0 Å². The maximum absolute atomic E-state index is 5.03. The summed E-state index contributed by atoms with van der Waals surface area (Å²) in [5.74, 6) is 0. The fourth-order valence-electron chi connectivity index (χ4n) is 1.87. The molecule has 0 fully saturated rings. The SMILES string of the molecule is COCCNCc1cccnc1Sc1nc(C)cc(C)n1. The second kappa shape index (κ2) is 8.07. The first-order valence-electron chi connectivity index (χ1n) is 6.82. The van der Waals surface area contributed by atoms with Gasteiger partial charge in [-0.15, -0.1) is 0 Å². The first-order chi connectivity index (χ1) is 10.2. The first-order valence-corrected chi connectivity index (χ1v) is 7.64. The van der Waals surface area contributed by atoms with Crippen molar-refractivity contribution in [3.05, 3.63) is 41.3 Å². The summed E-state index contributed by atoms with van der Waals surface area (Å²) in [5.41, 5.74) is 3.09. The van der Waals surface area contributed by atoms with E-state index in [1.54, 1.807) is 13.3 Å². The Morgan fingerprint density at radius 3 is 2.71 bits per heavy atom. The summed E-state index contributed by atoms with van der Waals surface area (Å²) in [5, 5.41) is 5.01. The van der Waals surface area contributed by atoms with Crippen molar-refractivity contribution in [1.29, 1.82) is 0 Å². The molecule has 1 N–H and O–H groups in total. The van der Waals surface area contributed by atoms with E-state index in [1.165, 1.54) is 11.8 Å². The number of nitrogens with zero attached hydrogens (tertiary/aromatic N) is 3. The lowest BCUT2D eigenvalue weighted by atomic mass is 10.3. The van der Waals surface area contributed by atoms with Crippen LogP contribution >= 0.6 is 11.8 Å². The van der Waals surface area contributed by atoms with Crippen LogP contribution in [0.4, 0.5) is 0 Å². The van der Waals surface area contributed by atoms with Crippen LogP contribution in [0.5, 0.6) is 0 Å². The molecule has 0 amide bonds. The smallest absolute Gasteiger partial charge is 0.194 e. The van der Waals surface area contributed by atoms with Crippen molar-refractivity contribution < 1.29 is 4.74 Å². The van der Waals surface area contributed by atoms with Gasteiger partial charge in [-0.2, -0.15) is 0 Å². The molecular weight excluding hydrogens is 284 g/mol. The molecule has 0 saturated heterocycles. The zero-order chi connectivity index (χ0) is 15.1. The van der Waals surface area contributed by atoms with E-state index in [0.717, 1.165) is 40.2 Å². The van der Waals surface area contributed by atoms with Gasteiger partial charge in [0.25, 0.3) is 0 Å². The zero-order valence-corrected chi connectivity index (χ0v) is 13.4. The molecule has 2 aromatic rings. The summed E-state index contributed by atoms with van der Waals surface area (Å²) >= 11 is 1.50.